The molecule has 0 bridgehead atoms. The van der Waals surface area contributed by atoms with Crippen LogP contribution < -0.4 is 5.32 Å². The molecule has 0 saturated carbocycles. The maximum absolute atomic E-state index is 12.0. The third-order valence-corrected chi connectivity index (χ3v) is 3.87. The van der Waals surface area contributed by atoms with Gasteiger partial charge in [0.1, 0.15) is 0 Å². The SMILES string of the molecule is C=CCNCC[C@@H]1CCC(=O)N1Cc1ccc(C)cc1. The van der Waals surface area contributed by atoms with Crippen LogP contribution in [0.5, 0.6) is 0 Å². The van der Waals surface area contributed by atoms with Crippen molar-refractivity contribution < 1.29 is 4.79 Å². The number of likely N-dealkylation sites (tertiary alicyclic amines) is 1. The molecule has 0 aliphatic carbocycles. The molecule has 2 rings (SSSR count). The van der Waals surface area contributed by atoms with Crippen molar-refractivity contribution in [2.24, 2.45) is 0 Å². The van der Waals surface area contributed by atoms with Crippen LogP contribution in [-0.2, 0) is 11.3 Å². The van der Waals surface area contributed by atoms with Crippen LogP contribution in [0.15, 0.2) is 36.9 Å². The average molecular weight is 272 g/mol. The van der Waals surface area contributed by atoms with Gasteiger partial charge in [0.05, 0.1) is 0 Å². The smallest absolute Gasteiger partial charge is 0.223 e. The van der Waals surface area contributed by atoms with Crippen molar-refractivity contribution in [2.45, 2.75) is 38.8 Å². The summed E-state index contributed by atoms with van der Waals surface area (Å²) < 4.78 is 0. The molecular weight excluding hydrogens is 248 g/mol. The molecule has 1 aromatic rings. The van der Waals surface area contributed by atoms with E-state index in [9.17, 15) is 4.79 Å². The summed E-state index contributed by atoms with van der Waals surface area (Å²) in [5, 5.41) is 3.31. The number of benzene rings is 1. The Labute approximate surface area is 121 Å². The molecule has 1 N–H and O–H groups in total. The van der Waals surface area contributed by atoms with Gasteiger partial charge in [-0.1, -0.05) is 35.9 Å². The summed E-state index contributed by atoms with van der Waals surface area (Å²) in [6, 6.07) is 8.83. The molecule has 0 unspecified atom stereocenters. The first-order valence-corrected chi connectivity index (χ1v) is 7.37. The fourth-order valence-electron chi connectivity index (χ4n) is 2.67. The van der Waals surface area contributed by atoms with Crippen LogP contribution in [0, 0.1) is 6.92 Å². The van der Waals surface area contributed by atoms with Gasteiger partial charge in [0.25, 0.3) is 0 Å². The Morgan fingerprint density at radius 1 is 1.40 bits per heavy atom. The van der Waals surface area contributed by atoms with E-state index < -0.39 is 0 Å². The summed E-state index contributed by atoms with van der Waals surface area (Å²) in [5.41, 5.74) is 2.47. The van der Waals surface area contributed by atoms with Gasteiger partial charge in [-0.05, 0) is 31.9 Å². The highest BCUT2D eigenvalue weighted by Crippen LogP contribution is 2.23. The summed E-state index contributed by atoms with van der Waals surface area (Å²) in [4.78, 5) is 14.1. The highest BCUT2D eigenvalue weighted by Gasteiger charge is 2.30. The molecule has 0 aromatic heterocycles. The lowest BCUT2D eigenvalue weighted by Crippen LogP contribution is -2.34. The van der Waals surface area contributed by atoms with Crippen molar-refractivity contribution in [3.8, 4) is 0 Å². The number of rotatable bonds is 7. The molecule has 1 aliphatic rings. The molecule has 1 amide bonds. The lowest BCUT2D eigenvalue weighted by Gasteiger charge is -2.25. The van der Waals surface area contributed by atoms with Crippen molar-refractivity contribution in [3.63, 3.8) is 0 Å². The fraction of sp³-hybridized carbons (Fsp3) is 0.471. The molecule has 0 spiro atoms. The summed E-state index contributed by atoms with van der Waals surface area (Å²) in [6.45, 7) is 8.29. The zero-order valence-corrected chi connectivity index (χ0v) is 12.3. The summed E-state index contributed by atoms with van der Waals surface area (Å²) in [5.74, 6) is 0.291. The van der Waals surface area contributed by atoms with Crippen molar-refractivity contribution in [3.05, 3.63) is 48.0 Å². The minimum atomic E-state index is 0.291. The number of carbonyl (C=O) groups is 1. The van der Waals surface area contributed by atoms with Gasteiger partial charge >= 0.3 is 0 Å². The second-order valence-corrected chi connectivity index (χ2v) is 5.48. The number of amides is 1. The number of hydrogen-bond donors (Lipinski definition) is 1. The van der Waals surface area contributed by atoms with Crippen LogP contribution in [0.25, 0.3) is 0 Å². The summed E-state index contributed by atoms with van der Waals surface area (Å²) in [7, 11) is 0. The molecule has 1 aliphatic heterocycles. The van der Waals surface area contributed by atoms with Crippen LogP contribution in [-0.4, -0.2) is 29.9 Å². The number of nitrogens with one attached hydrogen (secondary N) is 1. The molecule has 3 nitrogen and oxygen atoms in total. The Morgan fingerprint density at radius 3 is 2.85 bits per heavy atom. The topological polar surface area (TPSA) is 32.3 Å². The van der Waals surface area contributed by atoms with E-state index in [4.69, 9.17) is 0 Å². The first-order valence-electron chi connectivity index (χ1n) is 7.37. The predicted molar refractivity (Wildman–Crippen MR) is 82.4 cm³/mol. The third-order valence-electron chi connectivity index (χ3n) is 3.87. The maximum atomic E-state index is 12.0. The molecule has 20 heavy (non-hydrogen) atoms. The van der Waals surface area contributed by atoms with Crippen LogP contribution in [0.3, 0.4) is 0 Å². The maximum Gasteiger partial charge on any atom is 0.223 e. The Kier molecular flexibility index (Phi) is 5.36. The normalized spacial score (nSPS) is 18.6. The van der Waals surface area contributed by atoms with Crippen LogP contribution in [0.2, 0.25) is 0 Å². The minimum absolute atomic E-state index is 0.291. The predicted octanol–water partition coefficient (Wildman–Crippen LogP) is 2.65. The van der Waals surface area contributed by atoms with E-state index in [2.05, 4.69) is 43.1 Å². The number of nitrogens with zero attached hydrogens (tertiary/aromatic N) is 1. The van der Waals surface area contributed by atoms with Gasteiger partial charge in [-0.15, -0.1) is 6.58 Å². The molecule has 1 saturated heterocycles. The van der Waals surface area contributed by atoms with Gasteiger partial charge in [0.2, 0.25) is 5.91 Å². The van der Waals surface area contributed by atoms with E-state index in [0.717, 1.165) is 32.5 Å². The first kappa shape index (κ1) is 14.8. The van der Waals surface area contributed by atoms with Gasteiger partial charge < -0.3 is 10.2 Å². The van der Waals surface area contributed by atoms with Crippen molar-refractivity contribution in [1.82, 2.24) is 10.2 Å². The molecule has 108 valence electrons. The molecule has 1 atom stereocenters. The van der Waals surface area contributed by atoms with Crippen molar-refractivity contribution in [2.75, 3.05) is 13.1 Å². The van der Waals surface area contributed by atoms with Gasteiger partial charge in [-0.25, -0.2) is 0 Å². The van der Waals surface area contributed by atoms with Gasteiger partial charge in [-0.3, -0.25) is 4.79 Å². The van der Waals surface area contributed by atoms with E-state index in [1.165, 1.54) is 11.1 Å². The van der Waals surface area contributed by atoms with Crippen LogP contribution in [0.4, 0.5) is 0 Å². The highest BCUT2D eigenvalue weighted by atomic mass is 16.2. The molecule has 1 aromatic carbocycles. The van der Waals surface area contributed by atoms with E-state index in [1.807, 2.05) is 11.0 Å². The van der Waals surface area contributed by atoms with Crippen molar-refractivity contribution in [1.29, 1.82) is 0 Å². The lowest BCUT2D eigenvalue weighted by atomic mass is 10.1. The fourth-order valence-corrected chi connectivity index (χ4v) is 2.67. The average Bonchev–Trinajstić information content (AvgIpc) is 2.79. The van der Waals surface area contributed by atoms with Crippen molar-refractivity contribution >= 4 is 5.91 Å². The quantitative estimate of drug-likeness (QED) is 0.611. The Morgan fingerprint density at radius 2 is 2.15 bits per heavy atom. The summed E-state index contributed by atoms with van der Waals surface area (Å²) in [6.07, 6.45) is 4.56. The number of hydrogen-bond acceptors (Lipinski definition) is 2. The number of aryl methyl sites for hydroxylation is 1. The van der Waals surface area contributed by atoms with Crippen LogP contribution >= 0.6 is 0 Å². The van der Waals surface area contributed by atoms with E-state index in [0.29, 0.717) is 18.4 Å². The molecule has 1 heterocycles. The zero-order chi connectivity index (χ0) is 14.4. The highest BCUT2D eigenvalue weighted by molar-refractivity contribution is 5.78. The zero-order valence-electron chi connectivity index (χ0n) is 12.3. The monoisotopic (exact) mass is 272 g/mol. The second-order valence-electron chi connectivity index (χ2n) is 5.48. The molecule has 1 fully saturated rings. The van der Waals surface area contributed by atoms with E-state index >= 15 is 0 Å². The van der Waals surface area contributed by atoms with Gasteiger partial charge in [-0.2, -0.15) is 0 Å². The summed E-state index contributed by atoms with van der Waals surface area (Å²) >= 11 is 0. The lowest BCUT2D eigenvalue weighted by molar-refractivity contribution is -0.129. The van der Waals surface area contributed by atoms with E-state index in [-0.39, 0.29) is 0 Å². The Hall–Kier alpha value is -1.61. The molecule has 3 heteroatoms. The molecular formula is C17H24N2O. The standard InChI is InChI=1S/C17H24N2O/c1-3-11-18-12-10-16-8-9-17(20)19(16)13-15-6-4-14(2)5-7-15/h3-7,16,18H,1,8-13H2,2H3/t16-/m0/s1. The van der Waals surface area contributed by atoms with E-state index in [1.54, 1.807) is 0 Å². The van der Waals surface area contributed by atoms with Gasteiger partial charge in [0.15, 0.2) is 0 Å². The second kappa shape index (κ2) is 7.25. The molecule has 0 radical (unpaired) electrons. The Bertz CT molecular complexity index is 453. The van der Waals surface area contributed by atoms with Gasteiger partial charge in [0, 0.05) is 25.6 Å². The first-order chi connectivity index (χ1) is 9.70. The largest absolute Gasteiger partial charge is 0.335 e. The third kappa shape index (κ3) is 3.94. The number of carbonyl (C=O) groups excluding carboxylic acids is 1. The minimum Gasteiger partial charge on any atom is -0.335 e. The van der Waals surface area contributed by atoms with Crippen LogP contribution in [0.1, 0.15) is 30.4 Å². The Balaban J connectivity index is 1.90.